The molecular formula is C16H16N2O2S. The summed E-state index contributed by atoms with van der Waals surface area (Å²) in [6.45, 7) is 2.48. The Labute approximate surface area is 127 Å². The van der Waals surface area contributed by atoms with Crippen molar-refractivity contribution in [2.45, 2.75) is 13.0 Å². The molecule has 1 aliphatic heterocycles. The average Bonchev–Trinajstić information content (AvgIpc) is 3.15. The zero-order valence-corrected chi connectivity index (χ0v) is 12.5. The molecule has 2 aromatic rings. The van der Waals surface area contributed by atoms with Gasteiger partial charge in [0.2, 0.25) is 0 Å². The highest BCUT2D eigenvalue weighted by Crippen LogP contribution is 2.25. The zero-order valence-electron chi connectivity index (χ0n) is 11.7. The Balaban J connectivity index is 1.86. The van der Waals surface area contributed by atoms with Crippen LogP contribution in [-0.2, 0) is 9.53 Å². The highest BCUT2D eigenvalue weighted by Gasteiger charge is 2.28. The fraction of sp³-hybridized carbons (Fsp3) is 0.250. The standard InChI is InChI=1S/C16H16N2O2S/c1-12(19)20-11-13-10-18(14-6-3-2-4-7-14)16(17-13)15-8-5-9-21-15/h2-9,13H,10-11H2,1H3. The zero-order chi connectivity index (χ0) is 14.7. The molecule has 0 aliphatic carbocycles. The van der Waals surface area contributed by atoms with E-state index in [0.29, 0.717) is 6.61 Å². The predicted octanol–water partition coefficient (Wildman–Crippen LogP) is 2.95. The third-order valence-corrected chi connectivity index (χ3v) is 4.11. The van der Waals surface area contributed by atoms with Crippen LogP contribution in [0.25, 0.3) is 0 Å². The van der Waals surface area contributed by atoms with Gasteiger partial charge in [-0.15, -0.1) is 11.3 Å². The van der Waals surface area contributed by atoms with Gasteiger partial charge in [0.1, 0.15) is 18.5 Å². The molecule has 0 amide bonds. The van der Waals surface area contributed by atoms with E-state index in [1.165, 1.54) is 6.92 Å². The Kier molecular flexibility index (Phi) is 4.01. The summed E-state index contributed by atoms with van der Waals surface area (Å²) in [5, 5.41) is 2.04. The summed E-state index contributed by atoms with van der Waals surface area (Å²) in [5.74, 6) is 0.689. The number of ether oxygens (including phenoxy) is 1. The maximum Gasteiger partial charge on any atom is 0.302 e. The molecule has 2 heterocycles. The quantitative estimate of drug-likeness (QED) is 0.815. The van der Waals surface area contributed by atoms with Crippen molar-refractivity contribution in [2.75, 3.05) is 18.1 Å². The molecule has 1 atom stereocenters. The van der Waals surface area contributed by atoms with Crippen molar-refractivity contribution < 1.29 is 9.53 Å². The lowest BCUT2D eigenvalue weighted by Crippen LogP contribution is -2.30. The summed E-state index contributed by atoms with van der Waals surface area (Å²) >= 11 is 1.66. The van der Waals surface area contributed by atoms with E-state index in [1.807, 2.05) is 29.6 Å². The van der Waals surface area contributed by atoms with Gasteiger partial charge < -0.3 is 9.64 Å². The number of para-hydroxylation sites is 1. The number of carbonyl (C=O) groups excluding carboxylic acids is 1. The third-order valence-electron chi connectivity index (χ3n) is 3.24. The average molecular weight is 300 g/mol. The van der Waals surface area contributed by atoms with Gasteiger partial charge in [0.05, 0.1) is 11.4 Å². The van der Waals surface area contributed by atoms with Crippen LogP contribution in [0.5, 0.6) is 0 Å². The van der Waals surface area contributed by atoms with E-state index >= 15 is 0 Å². The van der Waals surface area contributed by atoms with Gasteiger partial charge in [0, 0.05) is 12.6 Å². The number of benzene rings is 1. The van der Waals surface area contributed by atoms with Crippen LogP contribution in [0.4, 0.5) is 5.69 Å². The second kappa shape index (κ2) is 6.10. The number of hydrogen-bond acceptors (Lipinski definition) is 5. The number of nitrogens with zero attached hydrogens (tertiary/aromatic N) is 2. The second-order valence-corrected chi connectivity index (χ2v) is 5.78. The number of hydrogen-bond donors (Lipinski definition) is 0. The van der Waals surface area contributed by atoms with Gasteiger partial charge in [-0.1, -0.05) is 24.3 Å². The van der Waals surface area contributed by atoms with Gasteiger partial charge in [0.15, 0.2) is 0 Å². The summed E-state index contributed by atoms with van der Waals surface area (Å²) in [4.78, 5) is 19.0. The number of thiophene rings is 1. The van der Waals surface area contributed by atoms with Crippen molar-refractivity contribution in [3.05, 3.63) is 52.7 Å². The summed E-state index contributed by atoms with van der Waals surface area (Å²) in [6, 6.07) is 14.2. The molecular weight excluding hydrogens is 284 g/mol. The molecule has 1 aromatic carbocycles. The molecule has 0 radical (unpaired) electrons. The molecule has 0 saturated heterocycles. The molecule has 3 rings (SSSR count). The van der Waals surface area contributed by atoms with Crippen molar-refractivity contribution in [1.29, 1.82) is 0 Å². The topological polar surface area (TPSA) is 41.9 Å². The first-order valence-electron chi connectivity index (χ1n) is 6.81. The monoisotopic (exact) mass is 300 g/mol. The minimum absolute atomic E-state index is 0.0220. The molecule has 1 unspecified atom stereocenters. The minimum atomic E-state index is -0.263. The number of anilines is 1. The first kappa shape index (κ1) is 13.8. The smallest absolute Gasteiger partial charge is 0.302 e. The van der Waals surface area contributed by atoms with Crippen LogP contribution in [0.2, 0.25) is 0 Å². The van der Waals surface area contributed by atoms with E-state index in [2.05, 4.69) is 23.1 Å². The number of amidine groups is 1. The fourth-order valence-corrected chi connectivity index (χ4v) is 3.05. The van der Waals surface area contributed by atoms with E-state index in [4.69, 9.17) is 9.73 Å². The second-order valence-electron chi connectivity index (χ2n) is 4.83. The SMILES string of the molecule is CC(=O)OCC1CN(c2ccccc2)C(c2cccs2)=N1. The maximum absolute atomic E-state index is 11.0. The lowest BCUT2D eigenvalue weighted by atomic mass is 10.2. The fourth-order valence-electron chi connectivity index (χ4n) is 2.32. The van der Waals surface area contributed by atoms with E-state index in [0.717, 1.165) is 22.9 Å². The Morgan fingerprint density at radius 2 is 2.14 bits per heavy atom. The van der Waals surface area contributed by atoms with Gasteiger partial charge in [-0.25, -0.2) is 0 Å². The van der Waals surface area contributed by atoms with E-state index in [-0.39, 0.29) is 12.0 Å². The molecule has 0 spiro atoms. The Hall–Kier alpha value is -2.14. The molecule has 0 bridgehead atoms. The van der Waals surface area contributed by atoms with Crippen molar-refractivity contribution >= 4 is 28.8 Å². The normalized spacial score (nSPS) is 17.7. The first-order chi connectivity index (χ1) is 10.2. The van der Waals surface area contributed by atoms with Crippen LogP contribution in [0, 0.1) is 0 Å². The molecule has 21 heavy (non-hydrogen) atoms. The Morgan fingerprint density at radius 1 is 1.33 bits per heavy atom. The molecule has 1 aliphatic rings. The molecule has 1 aromatic heterocycles. The van der Waals surface area contributed by atoms with E-state index in [9.17, 15) is 4.79 Å². The van der Waals surface area contributed by atoms with Crippen LogP contribution in [-0.4, -0.2) is 31.0 Å². The van der Waals surface area contributed by atoms with Gasteiger partial charge in [-0.2, -0.15) is 0 Å². The molecule has 5 heteroatoms. The largest absolute Gasteiger partial charge is 0.464 e. The van der Waals surface area contributed by atoms with Crippen molar-refractivity contribution in [3.63, 3.8) is 0 Å². The summed E-state index contributed by atoms with van der Waals surface area (Å²) in [6.07, 6.45) is 0. The van der Waals surface area contributed by atoms with Gasteiger partial charge in [-0.05, 0) is 23.6 Å². The number of rotatable bonds is 4. The first-order valence-corrected chi connectivity index (χ1v) is 7.69. The van der Waals surface area contributed by atoms with Crippen molar-refractivity contribution in [1.82, 2.24) is 0 Å². The van der Waals surface area contributed by atoms with Crippen LogP contribution in [0.1, 0.15) is 11.8 Å². The number of carbonyl (C=O) groups is 1. The van der Waals surface area contributed by atoms with Crippen LogP contribution in [0.15, 0.2) is 52.8 Å². The molecule has 0 N–H and O–H groups in total. The van der Waals surface area contributed by atoms with Gasteiger partial charge in [0.25, 0.3) is 0 Å². The minimum Gasteiger partial charge on any atom is -0.464 e. The van der Waals surface area contributed by atoms with E-state index < -0.39 is 0 Å². The number of esters is 1. The van der Waals surface area contributed by atoms with E-state index in [1.54, 1.807) is 11.3 Å². The van der Waals surface area contributed by atoms with Gasteiger partial charge in [-0.3, -0.25) is 9.79 Å². The van der Waals surface area contributed by atoms with Crippen molar-refractivity contribution in [2.24, 2.45) is 4.99 Å². The molecule has 108 valence electrons. The number of aliphatic imine (C=N–C) groups is 1. The third kappa shape index (κ3) is 3.13. The molecule has 4 nitrogen and oxygen atoms in total. The maximum atomic E-state index is 11.0. The highest BCUT2D eigenvalue weighted by atomic mass is 32.1. The highest BCUT2D eigenvalue weighted by molar-refractivity contribution is 7.12. The lowest BCUT2D eigenvalue weighted by molar-refractivity contribution is -0.141. The Bertz CT molecular complexity index is 638. The summed E-state index contributed by atoms with van der Waals surface area (Å²) in [7, 11) is 0. The van der Waals surface area contributed by atoms with Crippen LogP contribution in [0.3, 0.4) is 0 Å². The van der Waals surface area contributed by atoms with Crippen molar-refractivity contribution in [3.8, 4) is 0 Å². The predicted molar refractivity (Wildman–Crippen MR) is 85.1 cm³/mol. The van der Waals surface area contributed by atoms with Crippen LogP contribution >= 0.6 is 11.3 Å². The van der Waals surface area contributed by atoms with Gasteiger partial charge >= 0.3 is 5.97 Å². The summed E-state index contributed by atoms with van der Waals surface area (Å²) < 4.78 is 5.11. The lowest BCUT2D eigenvalue weighted by Gasteiger charge is -2.20. The van der Waals surface area contributed by atoms with Crippen LogP contribution < -0.4 is 4.90 Å². The molecule has 0 saturated carbocycles. The molecule has 0 fully saturated rings. The Morgan fingerprint density at radius 3 is 2.81 bits per heavy atom. The summed E-state index contributed by atoms with van der Waals surface area (Å²) in [5.41, 5.74) is 1.11.